The molecule has 0 aromatic carbocycles. The highest BCUT2D eigenvalue weighted by atomic mass is 16.2. The van der Waals surface area contributed by atoms with Crippen molar-refractivity contribution in [2.24, 2.45) is 11.8 Å². The first-order chi connectivity index (χ1) is 9.54. The zero-order valence-corrected chi connectivity index (χ0v) is 12.4. The lowest BCUT2D eigenvalue weighted by Gasteiger charge is -2.24. The molecule has 2 heterocycles. The molecule has 6 nitrogen and oxygen atoms in total. The number of imide groups is 1. The Balaban J connectivity index is 1.68. The lowest BCUT2D eigenvalue weighted by atomic mass is 9.94. The van der Waals surface area contributed by atoms with Crippen LogP contribution in [0, 0.1) is 11.8 Å². The van der Waals surface area contributed by atoms with Crippen molar-refractivity contribution in [1.82, 2.24) is 20.9 Å². The molecule has 0 bridgehead atoms. The number of nitrogens with zero attached hydrogens (tertiary/aromatic N) is 1. The number of urea groups is 1. The summed E-state index contributed by atoms with van der Waals surface area (Å²) in [7, 11) is 0. The monoisotopic (exact) mass is 282 g/mol. The van der Waals surface area contributed by atoms with Crippen LogP contribution in [0.15, 0.2) is 0 Å². The summed E-state index contributed by atoms with van der Waals surface area (Å²) in [5.41, 5.74) is 0. The maximum Gasteiger partial charge on any atom is 0.321 e. The molecule has 0 unspecified atom stereocenters. The standard InChI is InChI=1S/C14H26N4O2/c1-10(2)6-16-14(20)17-13(19)9-18-7-11-4-3-5-15-12(11)8-18/h10-12,15H,3-9H2,1-2H3,(H2,16,17,19,20)/t11-,12+/m0/s1. The highest BCUT2D eigenvalue weighted by Gasteiger charge is 2.34. The summed E-state index contributed by atoms with van der Waals surface area (Å²) < 4.78 is 0. The van der Waals surface area contributed by atoms with Crippen LogP contribution in [-0.4, -0.2) is 55.6 Å². The SMILES string of the molecule is CC(C)CNC(=O)NC(=O)CN1C[C@@H]2CCCN[C@@H]2C1. The summed E-state index contributed by atoms with van der Waals surface area (Å²) in [5.74, 6) is 0.819. The summed E-state index contributed by atoms with van der Waals surface area (Å²) in [6, 6.07) is 0.129. The summed E-state index contributed by atoms with van der Waals surface area (Å²) in [6.45, 7) is 7.87. The van der Waals surface area contributed by atoms with Gasteiger partial charge in [-0.05, 0) is 31.2 Å². The first kappa shape index (κ1) is 15.3. The van der Waals surface area contributed by atoms with Crippen LogP contribution in [0.4, 0.5) is 4.79 Å². The fraction of sp³-hybridized carbons (Fsp3) is 0.857. The Labute approximate surface area is 120 Å². The second kappa shape index (κ2) is 7.04. The van der Waals surface area contributed by atoms with E-state index in [1.807, 2.05) is 13.8 Å². The molecule has 2 fully saturated rings. The van der Waals surface area contributed by atoms with Crippen molar-refractivity contribution in [3.8, 4) is 0 Å². The number of piperidine rings is 1. The summed E-state index contributed by atoms with van der Waals surface area (Å²) in [5, 5.41) is 8.58. The molecule has 0 radical (unpaired) electrons. The molecule has 0 aromatic heterocycles. The van der Waals surface area contributed by atoms with E-state index in [2.05, 4.69) is 20.9 Å². The number of amides is 3. The van der Waals surface area contributed by atoms with Gasteiger partial charge in [-0.15, -0.1) is 0 Å². The Hall–Kier alpha value is -1.14. The van der Waals surface area contributed by atoms with Crippen LogP contribution in [0.5, 0.6) is 0 Å². The fourth-order valence-corrected chi connectivity index (χ4v) is 2.98. The topological polar surface area (TPSA) is 73.5 Å². The minimum Gasteiger partial charge on any atom is -0.338 e. The number of likely N-dealkylation sites (tertiary alicyclic amines) is 1. The second-order valence-corrected chi connectivity index (χ2v) is 6.31. The van der Waals surface area contributed by atoms with Crippen LogP contribution in [0.1, 0.15) is 26.7 Å². The van der Waals surface area contributed by atoms with Crippen LogP contribution in [-0.2, 0) is 4.79 Å². The van der Waals surface area contributed by atoms with Crippen LogP contribution in [0.3, 0.4) is 0 Å². The van der Waals surface area contributed by atoms with Gasteiger partial charge in [0.1, 0.15) is 0 Å². The largest absolute Gasteiger partial charge is 0.338 e. The fourth-order valence-electron chi connectivity index (χ4n) is 2.98. The summed E-state index contributed by atoms with van der Waals surface area (Å²) in [6.07, 6.45) is 2.46. The minimum atomic E-state index is -0.390. The van der Waals surface area contributed by atoms with E-state index in [0.29, 0.717) is 31.0 Å². The molecule has 0 aromatic rings. The summed E-state index contributed by atoms with van der Waals surface area (Å²) in [4.78, 5) is 25.5. The quantitative estimate of drug-likeness (QED) is 0.686. The van der Waals surface area contributed by atoms with Gasteiger partial charge in [-0.25, -0.2) is 4.79 Å². The average molecular weight is 282 g/mol. The molecule has 2 atom stereocenters. The molecule has 2 saturated heterocycles. The van der Waals surface area contributed by atoms with E-state index in [1.54, 1.807) is 0 Å². The van der Waals surface area contributed by atoms with Gasteiger partial charge >= 0.3 is 6.03 Å². The Morgan fingerprint density at radius 3 is 2.85 bits per heavy atom. The molecule has 2 aliphatic rings. The molecule has 0 saturated carbocycles. The van der Waals surface area contributed by atoms with Crippen molar-refractivity contribution in [1.29, 1.82) is 0 Å². The number of nitrogens with one attached hydrogen (secondary N) is 3. The van der Waals surface area contributed by atoms with Crippen molar-refractivity contribution in [3.63, 3.8) is 0 Å². The maximum atomic E-state index is 11.8. The Kier molecular flexibility index (Phi) is 5.37. The maximum absolute atomic E-state index is 11.8. The summed E-state index contributed by atoms with van der Waals surface area (Å²) >= 11 is 0. The molecule has 114 valence electrons. The molecule has 2 rings (SSSR count). The molecule has 0 spiro atoms. The van der Waals surface area contributed by atoms with Crippen molar-refractivity contribution in [2.75, 3.05) is 32.7 Å². The lowest BCUT2D eigenvalue weighted by Crippen LogP contribution is -2.45. The highest BCUT2D eigenvalue weighted by Crippen LogP contribution is 2.24. The van der Waals surface area contributed by atoms with E-state index in [1.165, 1.54) is 12.8 Å². The number of rotatable bonds is 4. The van der Waals surface area contributed by atoms with Gasteiger partial charge in [0.25, 0.3) is 0 Å². The van der Waals surface area contributed by atoms with Gasteiger partial charge < -0.3 is 10.6 Å². The molecule has 20 heavy (non-hydrogen) atoms. The first-order valence-electron chi connectivity index (χ1n) is 7.58. The van der Waals surface area contributed by atoms with Crippen LogP contribution in [0.2, 0.25) is 0 Å². The van der Waals surface area contributed by atoms with Crippen LogP contribution in [0.25, 0.3) is 0 Å². The molecular weight excluding hydrogens is 256 g/mol. The number of fused-ring (bicyclic) bond motifs is 1. The zero-order chi connectivity index (χ0) is 14.5. The molecule has 0 aliphatic carbocycles. The van der Waals surface area contributed by atoms with E-state index in [4.69, 9.17) is 0 Å². The van der Waals surface area contributed by atoms with Crippen LogP contribution < -0.4 is 16.0 Å². The normalized spacial score (nSPS) is 26.4. The lowest BCUT2D eigenvalue weighted by molar-refractivity contribution is -0.120. The molecule has 6 heteroatoms. The molecule has 2 aliphatic heterocycles. The van der Waals surface area contributed by atoms with E-state index in [9.17, 15) is 9.59 Å². The van der Waals surface area contributed by atoms with Gasteiger partial charge in [-0.2, -0.15) is 0 Å². The molecule has 3 N–H and O–H groups in total. The van der Waals surface area contributed by atoms with Gasteiger partial charge in [0.15, 0.2) is 0 Å². The van der Waals surface area contributed by atoms with E-state index in [0.717, 1.165) is 19.6 Å². The van der Waals surface area contributed by atoms with Crippen molar-refractivity contribution in [2.45, 2.75) is 32.7 Å². The van der Waals surface area contributed by atoms with Gasteiger partial charge in [0.05, 0.1) is 6.54 Å². The van der Waals surface area contributed by atoms with Gasteiger partial charge in [0, 0.05) is 25.7 Å². The second-order valence-electron chi connectivity index (χ2n) is 6.31. The first-order valence-corrected chi connectivity index (χ1v) is 7.58. The smallest absolute Gasteiger partial charge is 0.321 e. The Bertz CT molecular complexity index is 345. The van der Waals surface area contributed by atoms with Gasteiger partial charge in [0.2, 0.25) is 5.91 Å². The predicted octanol–water partition coefficient (Wildman–Crippen LogP) is 0.152. The average Bonchev–Trinajstić information content (AvgIpc) is 2.78. The highest BCUT2D eigenvalue weighted by molar-refractivity contribution is 5.95. The van der Waals surface area contributed by atoms with E-state index < -0.39 is 6.03 Å². The third-order valence-electron chi connectivity index (χ3n) is 3.97. The number of hydrogen-bond acceptors (Lipinski definition) is 4. The zero-order valence-electron chi connectivity index (χ0n) is 12.4. The number of carbonyl (C=O) groups excluding carboxylic acids is 2. The van der Waals surface area contributed by atoms with Gasteiger partial charge in [-0.3, -0.25) is 15.0 Å². The van der Waals surface area contributed by atoms with Crippen molar-refractivity contribution in [3.05, 3.63) is 0 Å². The van der Waals surface area contributed by atoms with Crippen molar-refractivity contribution >= 4 is 11.9 Å². The van der Waals surface area contributed by atoms with E-state index >= 15 is 0 Å². The third kappa shape index (κ3) is 4.45. The Morgan fingerprint density at radius 2 is 2.15 bits per heavy atom. The number of carbonyl (C=O) groups is 2. The van der Waals surface area contributed by atoms with Crippen molar-refractivity contribution < 1.29 is 9.59 Å². The molecular formula is C14H26N4O2. The predicted molar refractivity (Wildman–Crippen MR) is 77.3 cm³/mol. The minimum absolute atomic E-state index is 0.218. The molecule has 3 amide bonds. The van der Waals surface area contributed by atoms with E-state index in [-0.39, 0.29) is 5.91 Å². The van der Waals surface area contributed by atoms with Gasteiger partial charge in [-0.1, -0.05) is 13.8 Å². The van der Waals surface area contributed by atoms with Crippen LogP contribution >= 0.6 is 0 Å². The Morgan fingerprint density at radius 1 is 1.35 bits per heavy atom. The number of hydrogen-bond donors (Lipinski definition) is 3. The third-order valence-corrected chi connectivity index (χ3v) is 3.97.